The maximum absolute atomic E-state index is 14.7. The number of methoxy groups -OCH3 is 2. The van der Waals surface area contributed by atoms with Crippen LogP contribution in [0.25, 0.3) is 0 Å². The largest absolute Gasteiger partial charge is 0.497 e. The van der Waals surface area contributed by atoms with Crippen LogP contribution in [-0.4, -0.2) is 122 Å². The minimum Gasteiger partial charge on any atom is -0.497 e. The topological polar surface area (TPSA) is 202 Å². The summed E-state index contributed by atoms with van der Waals surface area (Å²) < 4.78 is 17.0. The van der Waals surface area contributed by atoms with Crippen LogP contribution in [0.4, 0.5) is 5.69 Å². The highest BCUT2D eigenvalue weighted by atomic mass is 16.5. The summed E-state index contributed by atoms with van der Waals surface area (Å²) in [4.78, 5) is 88.3. The zero-order chi connectivity index (χ0) is 41.7. The SMILES string of the molecule is COc1ccc(C[C@H]2C(=O)N[C@@H](C)C(=O)N(C)[C@H]3Cc4ccc(cc4)Oc4cc(c(N)cc4OC)C[C@@H](C(=O)N[C@@H](C)C(=O)N[C@@H](C)C(=O)N2C)N(C)C3=O)cc1. The van der Waals surface area contributed by atoms with E-state index < -0.39 is 71.7 Å². The monoisotopic (exact) mass is 785 g/mol. The van der Waals surface area contributed by atoms with E-state index in [9.17, 15) is 28.8 Å². The third-order valence-electron chi connectivity index (χ3n) is 10.6. The first-order chi connectivity index (χ1) is 27.0. The van der Waals surface area contributed by atoms with E-state index in [2.05, 4.69) is 16.0 Å². The fourth-order valence-corrected chi connectivity index (χ4v) is 6.93. The van der Waals surface area contributed by atoms with Gasteiger partial charge in [-0.05, 0) is 67.8 Å². The molecule has 6 amide bonds. The molecule has 16 heteroatoms. The quantitative estimate of drug-likeness (QED) is 0.281. The van der Waals surface area contributed by atoms with Crippen molar-refractivity contribution in [2.24, 2.45) is 0 Å². The summed E-state index contributed by atoms with van der Waals surface area (Å²) in [6, 6.07) is 10.2. The lowest BCUT2D eigenvalue weighted by atomic mass is 9.98. The van der Waals surface area contributed by atoms with Gasteiger partial charge in [0.25, 0.3) is 0 Å². The van der Waals surface area contributed by atoms with Crippen molar-refractivity contribution in [3.63, 3.8) is 0 Å². The first kappa shape index (κ1) is 41.8. The Hall–Kier alpha value is -6.32. The van der Waals surface area contributed by atoms with Gasteiger partial charge in [-0.1, -0.05) is 24.3 Å². The molecule has 6 rings (SSSR count). The fourth-order valence-electron chi connectivity index (χ4n) is 6.93. The van der Waals surface area contributed by atoms with Gasteiger partial charge in [-0.25, -0.2) is 0 Å². The number of nitrogens with zero attached hydrogens (tertiary/aromatic N) is 3. The second-order valence-corrected chi connectivity index (χ2v) is 14.5. The molecule has 3 heterocycles. The lowest BCUT2D eigenvalue weighted by molar-refractivity contribution is -0.149. The van der Waals surface area contributed by atoms with Gasteiger partial charge in [0, 0.05) is 52.2 Å². The lowest BCUT2D eigenvalue weighted by Gasteiger charge is -2.37. The van der Waals surface area contributed by atoms with Crippen molar-refractivity contribution in [2.45, 2.75) is 76.3 Å². The Morgan fingerprint density at radius 1 is 0.667 bits per heavy atom. The van der Waals surface area contributed by atoms with E-state index in [1.54, 1.807) is 60.7 Å². The fraction of sp³-hybridized carbons (Fsp3) is 0.415. The number of nitrogens with two attached hydrogens (primary N) is 1. The number of nitrogen functional groups attached to an aromatic ring is 1. The van der Waals surface area contributed by atoms with Gasteiger partial charge in [0.2, 0.25) is 35.4 Å². The molecule has 57 heavy (non-hydrogen) atoms. The molecule has 3 aromatic rings. The van der Waals surface area contributed by atoms with Crippen LogP contribution in [0.3, 0.4) is 0 Å². The highest BCUT2D eigenvalue weighted by Gasteiger charge is 2.39. The summed E-state index contributed by atoms with van der Waals surface area (Å²) in [7, 11) is 7.35. The van der Waals surface area contributed by atoms with E-state index in [0.29, 0.717) is 39.7 Å². The smallest absolute Gasteiger partial charge is 0.246 e. The van der Waals surface area contributed by atoms with E-state index in [1.807, 2.05) is 0 Å². The van der Waals surface area contributed by atoms with Gasteiger partial charge in [-0.3, -0.25) is 28.8 Å². The molecule has 0 spiro atoms. The van der Waals surface area contributed by atoms with Crippen LogP contribution in [0, 0.1) is 0 Å². The molecule has 1 fully saturated rings. The molecular weight excluding hydrogens is 734 g/mol. The van der Waals surface area contributed by atoms with Crippen molar-refractivity contribution in [3.8, 4) is 23.0 Å². The number of rotatable bonds is 4. The average Bonchev–Trinajstić information content (AvgIpc) is 3.20. The number of nitrogens with one attached hydrogen (secondary N) is 3. The molecule has 6 atom stereocenters. The van der Waals surface area contributed by atoms with Crippen molar-refractivity contribution < 1.29 is 43.0 Å². The van der Waals surface area contributed by atoms with Crippen molar-refractivity contribution in [3.05, 3.63) is 77.4 Å². The van der Waals surface area contributed by atoms with Gasteiger partial charge in [-0.15, -0.1) is 0 Å². The minimum atomic E-state index is -1.24. The summed E-state index contributed by atoms with van der Waals surface area (Å²) in [5.41, 5.74) is 8.55. The Morgan fingerprint density at radius 2 is 1.25 bits per heavy atom. The lowest BCUT2D eigenvalue weighted by Crippen LogP contribution is -2.61. The van der Waals surface area contributed by atoms with E-state index in [0.717, 1.165) is 0 Å². The maximum Gasteiger partial charge on any atom is 0.246 e. The Labute approximate surface area is 332 Å². The molecule has 304 valence electrons. The normalized spacial score (nSPS) is 24.1. The molecule has 3 aliphatic heterocycles. The van der Waals surface area contributed by atoms with E-state index in [1.165, 1.54) is 70.8 Å². The average molecular weight is 786 g/mol. The summed E-state index contributed by atoms with van der Waals surface area (Å²) in [6.45, 7) is 4.41. The molecule has 0 radical (unpaired) electrons. The van der Waals surface area contributed by atoms with Gasteiger partial charge >= 0.3 is 0 Å². The second kappa shape index (κ2) is 17.6. The summed E-state index contributed by atoms with van der Waals surface area (Å²) in [5, 5.41) is 8.10. The van der Waals surface area contributed by atoms with Crippen LogP contribution < -0.4 is 35.9 Å². The number of carbonyl (C=O) groups is 6. The van der Waals surface area contributed by atoms with Crippen molar-refractivity contribution >= 4 is 41.1 Å². The molecular formula is C41H51N7O9. The molecule has 0 saturated carbocycles. The number of carbonyl (C=O) groups excluding carboxylic acids is 6. The molecule has 0 aliphatic carbocycles. The minimum absolute atomic E-state index is 0.0332. The predicted molar refractivity (Wildman–Crippen MR) is 211 cm³/mol. The molecule has 16 nitrogen and oxygen atoms in total. The summed E-state index contributed by atoms with van der Waals surface area (Å²) in [6.07, 6.45) is -0.0150. The molecule has 6 bridgehead atoms. The molecule has 0 aromatic heterocycles. The van der Waals surface area contributed by atoms with Gasteiger partial charge in [0.15, 0.2) is 11.5 Å². The third kappa shape index (κ3) is 9.39. The van der Waals surface area contributed by atoms with Gasteiger partial charge in [0.1, 0.15) is 47.8 Å². The van der Waals surface area contributed by atoms with Gasteiger partial charge < -0.3 is 50.6 Å². The van der Waals surface area contributed by atoms with Crippen LogP contribution in [0.5, 0.6) is 23.0 Å². The van der Waals surface area contributed by atoms with E-state index in [4.69, 9.17) is 19.9 Å². The molecule has 3 aliphatic rings. The number of anilines is 1. The van der Waals surface area contributed by atoms with Crippen LogP contribution in [-0.2, 0) is 48.0 Å². The first-order valence-corrected chi connectivity index (χ1v) is 18.6. The molecule has 5 N–H and O–H groups in total. The van der Waals surface area contributed by atoms with Crippen molar-refractivity contribution in [1.29, 1.82) is 0 Å². The van der Waals surface area contributed by atoms with Gasteiger partial charge in [0.05, 0.1) is 14.2 Å². The molecule has 0 unspecified atom stereocenters. The predicted octanol–water partition coefficient (Wildman–Crippen LogP) is 1.43. The Balaban J connectivity index is 1.59. The highest BCUT2D eigenvalue weighted by molar-refractivity contribution is 5.98. The number of likely N-dealkylation sites (N-methyl/N-ethyl adjacent to an activating group) is 3. The standard InChI is InChI=1S/C41H51N7O9/c1-22-36(49)44-23(2)39(52)46(4)31(17-25-9-13-28(55-7)14-10-25)37(50)45-24(3)40(53)48(6)33-18-26-11-15-29(16-12-26)57-35-20-27(30(42)21-34(35)56-8)19-32(38(51)43-22)47(5)41(33)54/h9-16,20-24,31-33H,17-19,42H2,1-8H3,(H,43,51)(H,44,49)(H,45,50)/t22-,23-,24-,31-,32-,33-/m0/s1. The highest BCUT2D eigenvalue weighted by Crippen LogP contribution is 2.37. The second-order valence-electron chi connectivity index (χ2n) is 14.5. The van der Waals surface area contributed by atoms with Crippen LogP contribution in [0.2, 0.25) is 0 Å². The number of hydrogen-bond donors (Lipinski definition) is 4. The Kier molecular flexibility index (Phi) is 13.0. The van der Waals surface area contributed by atoms with Crippen LogP contribution in [0.1, 0.15) is 37.5 Å². The third-order valence-corrected chi connectivity index (χ3v) is 10.6. The first-order valence-electron chi connectivity index (χ1n) is 18.6. The zero-order valence-corrected chi connectivity index (χ0v) is 33.5. The van der Waals surface area contributed by atoms with E-state index >= 15 is 0 Å². The Bertz CT molecular complexity index is 2010. The number of hydrogen-bond acceptors (Lipinski definition) is 10. The van der Waals surface area contributed by atoms with Crippen LogP contribution in [0.15, 0.2) is 60.7 Å². The Morgan fingerprint density at radius 3 is 1.86 bits per heavy atom. The molecule has 1 saturated heterocycles. The number of ether oxygens (including phenoxy) is 3. The van der Waals surface area contributed by atoms with Crippen molar-refractivity contribution in [1.82, 2.24) is 30.7 Å². The van der Waals surface area contributed by atoms with Gasteiger partial charge in [-0.2, -0.15) is 0 Å². The summed E-state index contributed by atoms with van der Waals surface area (Å²) >= 11 is 0. The van der Waals surface area contributed by atoms with Crippen molar-refractivity contribution in [2.75, 3.05) is 41.1 Å². The number of fused-ring (bicyclic) bond motifs is 2. The zero-order valence-electron chi connectivity index (χ0n) is 33.5. The van der Waals surface area contributed by atoms with E-state index in [-0.39, 0.29) is 24.9 Å². The number of amides is 6. The maximum atomic E-state index is 14.7. The van der Waals surface area contributed by atoms with Crippen LogP contribution >= 0.6 is 0 Å². The molecule has 3 aromatic carbocycles. The number of benzene rings is 3. The summed E-state index contributed by atoms with van der Waals surface area (Å²) in [5.74, 6) is -2.02.